The van der Waals surface area contributed by atoms with E-state index in [1.165, 1.54) is 5.69 Å². The number of furan rings is 1. The molecule has 0 radical (unpaired) electrons. The van der Waals surface area contributed by atoms with Crippen LogP contribution in [0.3, 0.4) is 0 Å². The molecule has 0 aliphatic carbocycles. The Morgan fingerprint density at radius 3 is 2.33 bits per heavy atom. The Labute approximate surface area is 107 Å². The molecule has 94 valence electrons. The number of rotatable bonds is 2. The summed E-state index contributed by atoms with van der Waals surface area (Å²) in [6.07, 6.45) is 3.03. The lowest BCUT2D eigenvalue weighted by Crippen LogP contribution is -2.42. The molecule has 0 bridgehead atoms. The maximum atomic E-state index is 10.6. The first-order chi connectivity index (χ1) is 8.78. The van der Waals surface area contributed by atoms with Gasteiger partial charge in [0.15, 0.2) is 0 Å². The van der Waals surface area contributed by atoms with E-state index in [0.29, 0.717) is 18.6 Å². The van der Waals surface area contributed by atoms with Crippen LogP contribution in [0.2, 0.25) is 0 Å². The second-order valence-electron chi connectivity index (χ2n) is 4.83. The number of benzene rings is 1. The van der Waals surface area contributed by atoms with E-state index in [-0.39, 0.29) is 0 Å². The van der Waals surface area contributed by atoms with E-state index in [1.807, 2.05) is 30.3 Å². The zero-order valence-electron chi connectivity index (χ0n) is 10.2. The normalized spacial score (nSPS) is 18.8. The van der Waals surface area contributed by atoms with Crippen molar-refractivity contribution in [2.75, 3.05) is 18.0 Å². The highest BCUT2D eigenvalue weighted by Crippen LogP contribution is 2.34. The van der Waals surface area contributed by atoms with Gasteiger partial charge in [0.2, 0.25) is 0 Å². The summed E-state index contributed by atoms with van der Waals surface area (Å²) in [4.78, 5) is 2.30. The Kier molecular flexibility index (Phi) is 2.84. The smallest absolute Gasteiger partial charge is 0.135 e. The first-order valence-electron chi connectivity index (χ1n) is 6.34. The van der Waals surface area contributed by atoms with Gasteiger partial charge in [-0.15, -0.1) is 0 Å². The van der Waals surface area contributed by atoms with Crippen LogP contribution in [0.5, 0.6) is 0 Å². The second-order valence-corrected chi connectivity index (χ2v) is 4.83. The molecule has 0 atom stereocenters. The minimum Gasteiger partial charge on any atom is -0.466 e. The predicted octanol–water partition coefficient (Wildman–Crippen LogP) is 2.77. The molecular formula is C15H17NO2. The molecule has 0 spiro atoms. The largest absolute Gasteiger partial charge is 0.466 e. The summed E-state index contributed by atoms with van der Waals surface area (Å²) in [5.74, 6) is 0.690. The third kappa shape index (κ3) is 2.02. The van der Waals surface area contributed by atoms with Gasteiger partial charge in [-0.25, -0.2) is 0 Å². The van der Waals surface area contributed by atoms with Crippen LogP contribution in [0.4, 0.5) is 5.69 Å². The highest BCUT2D eigenvalue weighted by Gasteiger charge is 2.36. The number of para-hydroxylation sites is 1. The van der Waals surface area contributed by atoms with Crippen LogP contribution in [0, 0.1) is 0 Å². The third-order valence-electron chi connectivity index (χ3n) is 3.69. The van der Waals surface area contributed by atoms with Crippen molar-refractivity contribution in [2.24, 2.45) is 0 Å². The van der Waals surface area contributed by atoms with Gasteiger partial charge in [0.25, 0.3) is 0 Å². The first-order valence-corrected chi connectivity index (χ1v) is 6.34. The number of piperidine rings is 1. The number of anilines is 1. The second kappa shape index (κ2) is 4.50. The molecule has 1 saturated heterocycles. The predicted molar refractivity (Wildman–Crippen MR) is 70.5 cm³/mol. The highest BCUT2D eigenvalue weighted by atomic mass is 16.4. The Hall–Kier alpha value is -1.74. The van der Waals surface area contributed by atoms with Crippen molar-refractivity contribution in [1.82, 2.24) is 0 Å². The van der Waals surface area contributed by atoms with E-state index in [1.54, 1.807) is 6.26 Å². The summed E-state index contributed by atoms with van der Waals surface area (Å²) < 4.78 is 5.35. The Morgan fingerprint density at radius 2 is 1.72 bits per heavy atom. The summed E-state index contributed by atoms with van der Waals surface area (Å²) >= 11 is 0. The molecule has 2 heterocycles. The summed E-state index contributed by atoms with van der Waals surface area (Å²) in [6.45, 7) is 1.70. The number of hydrogen-bond donors (Lipinski definition) is 1. The zero-order valence-corrected chi connectivity index (χ0v) is 10.2. The van der Waals surface area contributed by atoms with Crippen molar-refractivity contribution in [3.05, 3.63) is 54.5 Å². The number of aliphatic hydroxyl groups is 1. The fourth-order valence-electron chi connectivity index (χ4n) is 2.56. The van der Waals surface area contributed by atoms with Crippen molar-refractivity contribution >= 4 is 5.69 Å². The van der Waals surface area contributed by atoms with Crippen LogP contribution in [-0.2, 0) is 5.60 Å². The number of hydrogen-bond acceptors (Lipinski definition) is 3. The summed E-state index contributed by atoms with van der Waals surface area (Å²) in [7, 11) is 0. The van der Waals surface area contributed by atoms with E-state index < -0.39 is 5.60 Å². The van der Waals surface area contributed by atoms with Gasteiger partial charge >= 0.3 is 0 Å². The van der Waals surface area contributed by atoms with Crippen LogP contribution in [0.15, 0.2) is 53.1 Å². The van der Waals surface area contributed by atoms with Crippen LogP contribution in [0.25, 0.3) is 0 Å². The molecule has 3 nitrogen and oxygen atoms in total. The molecule has 0 saturated carbocycles. The average Bonchev–Trinajstić information content (AvgIpc) is 2.95. The maximum Gasteiger partial charge on any atom is 0.135 e. The van der Waals surface area contributed by atoms with Crippen molar-refractivity contribution in [1.29, 1.82) is 0 Å². The van der Waals surface area contributed by atoms with Gasteiger partial charge in [-0.3, -0.25) is 0 Å². The minimum absolute atomic E-state index is 0.690. The van der Waals surface area contributed by atoms with Gasteiger partial charge in [-0.05, 0) is 24.3 Å². The van der Waals surface area contributed by atoms with Crippen LogP contribution in [0.1, 0.15) is 18.6 Å². The molecule has 3 rings (SSSR count). The SMILES string of the molecule is OC1(c2ccco2)CCN(c2ccccc2)CC1. The van der Waals surface area contributed by atoms with Gasteiger partial charge in [0.05, 0.1) is 6.26 Å². The quantitative estimate of drug-likeness (QED) is 0.881. The first kappa shape index (κ1) is 11.4. The van der Waals surface area contributed by atoms with E-state index >= 15 is 0 Å². The molecule has 1 aliphatic heterocycles. The molecule has 1 N–H and O–H groups in total. The lowest BCUT2D eigenvalue weighted by molar-refractivity contribution is -0.00833. The molecular weight excluding hydrogens is 226 g/mol. The molecule has 0 amide bonds. The zero-order chi connectivity index (χ0) is 12.4. The molecule has 18 heavy (non-hydrogen) atoms. The lowest BCUT2D eigenvalue weighted by Gasteiger charge is -2.38. The summed E-state index contributed by atoms with van der Waals surface area (Å²) in [5, 5.41) is 10.6. The van der Waals surface area contributed by atoms with E-state index in [0.717, 1.165) is 13.1 Å². The van der Waals surface area contributed by atoms with Gasteiger partial charge < -0.3 is 14.4 Å². The fourth-order valence-corrected chi connectivity index (χ4v) is 2.56. The van der Waals surface area contributed by atoms with Crippen molar-refractivity contribution < 1.29 is 9.52 Å². The monoisotopic (exact) mass is 243 g/mol. The molecule has 2 aromatic rings. The maximum absolute atomic E-state index is 10.6. The molecule has 1 fully saturated rings. The Balaban J connectivity index is 1.72. The fraction of sp³-hybridized carbons (Fsp3) is 0.333. The van der Waals surface area contributed by atoms with Crippen molar-refractivity contribution in [3.63, 3.8) is 0 Å². The van der Waals surface area contributed by atoms with Crippen molar-refractivity contribution in [2.45, 2.75) is 18.4 Å². The van der Waals surface area contributed by atoms with Gasteiger partial charge in [-0.1, -0.05) is 18.2 Å². The third-order valence-corrected chi connectivity index (χ3v) is 3.69. The topological polar surface area (TPSA) is 36.6 Å². The van der Waals surface area contributed by atoms with Gasteiger partial charge in [0.1, 0.15) is 11.4 Å². The minimum atomic E-state index is -0.797. The van der Waals surface area contributed by atoms with Crippen LogP contribution >= 0.6 is 0 Å². The average molecular weight is 243 g/mol. The molecule has 3 heteroatoms. The lowest BCUT2D eigenvalue weighted by atomic mass is 9.89. The molecule has 0 unspecified atom stereocenters. The van der Waals surface area contributed by atoms with Crippen LogP contribution < -0.4 is 4.90 Å². The van der Waals surface area contributed by atoms with Gasteiger partial charge in [0, 0.05) is 31.6 Å². The Morgan fingerprint density at radius 1 is 1.00 bits per heavy atom. The van der Waals surface area contributed by atoms with E-state index in [2.05, 4.69) is 17.0 Å². The van der Waals surface area contributed by atoms with E-state index in [4.69, 9.17) is 4.42 Å². The Bertz CT molecular complexity index is 484. The molecule has 1 aromatic heterocycles. The number of nitrogens with zero attached hydrogens (tertiary/aromatic N) is 1. The van der Waals surface area contributed by atoms with Crippen molar-refractivity contribution in [3.8, 4) is 0 Å². The standard InChI is InChI=1S/C15H17NO2/c17-15(14-7-4-12-18-14)8-10-16(11-9-15)13-5-2-1-3-6-13/h1-7,12,17H,8-11H2. The molecule has 1 aromatic carbocycles. The molecule has 1 aliphatic rings. The van der Waals surface area contributed by atoms with Gasteiger partial charge in [-0.2, -0.15) is 0 Å². The summed E-state index contributed by atoms with van der Waals surface area (Å²) in [5.41, 5.74) is 0.424. The van der Waals surface area contributed by atoms with Crippen LogP contribution in [-0.4, -0.2) is 18.2 Å². The highest BCUT2D eigenvalue weighted by molar-refractivity contribution is 5.46. The van der Waals surface area contributed by atoms with E-state index in [9.17, 15) is 5.11 Å². The summed E-state index contributed by atoms with van der Waals surface area (Å²) in [6, 6.07) is 14.0.